The Labute approximate surface area is 52.6 Å². The van der Waals surface area contributed by atoms with Crippen molar-refractivity contribution in [3.05, 3.63) is 25.5 Å². The first kappa shape index (κ1) is 7.62. The molecule has 0 saturated heterocycles. The molecule has 48 valence electrons. The SMILES string of the molecule is C=COC(=O)C(=O)C=C. The Kier molecular flexibility index (Phi) is 3.05. The lowest BCUT2D eigenvalue weighted by atomic mass is 10.4. The van der Waals surface area contributed by atoms with E-state index in [0.717, 1.165) is 12.3 Å². The molecule has 0 aromatic carbocycles. The van der Waals surface area contributed by atoms with Crippen molar-refractivity contribution in [1.29, 1.82) is 0 Å². The first-order chi connectivity index (χ1) is 4.22. The molecular weight excluding hydrogens is 120 g/mol. The van der Waals surface area contributed by atoms with E-state index in [1.807, 2.05) is 0 Å². The first-order valence-electron chi connectivity index (χ1n) is 2.20. The number of carbonyl (C=O) groups is 2. The molecule has 0 aromatic rings. The maximum atomic E-state index is 10.3. The standard InChI is InChI=1S/C6H6O3/c1-3-5(7)6(8)9-4-2/h3-4H,1-2H2. The fourth-order valence-corrected chi connectivity index (χ4v) is 0.217. The van der Waals surface area contributed by atoms with Crippen LogP contribution in [0, 0.1) is 0 Å². The van der Waals surface area contributed by atoms with Gasteiger partial charge >= 0.3 is 5.97 Å². The number of ether oxygens (including phenoxy) is 1. The van der Waals surface area contributed by atoms with Crippen LogP contribution in [0.3, 0.4) is 0 Å². The summed E-state index contributed by atoms with van der Waals surface area (Å²) in [6.45, 7) is 6.17. The van der Waals surface area contributed by atoms with Crippen molar-refractivity contribution in [2.45, 2.75) is 0 Å². The van der Waals surface area contributed by atoms with E-state index in [9.17, 15) is 9.59 Å². The molecule has 0 fully saturated rings. The largest absolute Gasteiger partial charge is 0.429 e. The monoisotopic (exact) mass is 126 g/mol. The van der Waals surface area contributed by atoms with E-state index >= 15 is 0 Å². The van der Waals surface area contributed by atoms with Crippen molar-refractivity contribution in [3.8, 4) is 0 Å². The summed E-state index contributed by atoms with van der Waals surface area (Å²) in [6, 6.07) is 0. The average molecular weight is 126 g/mol. The zero-order valence-electron chi connectivity index (χ0n) is 4.79. The van der Waals surface area contributed by atoms with Gasteiger partial charge in [0.2, 0.25) is 0 Å². The van der Waals surface area contributed by atoms with Crippen molar-refractivity contribution >= 4 is 11.8 Å². The van der Waals surface area contributed by atoms with Gasteiger partial charge < -0.3 is 4.74 Å². The van der Waals surface area contributed by atoms with Gasteiger partial charge in [-0.05, 0) is 6.08 Å². The molecule has 0 aromatic heterocycles. The average Bonchev–Trinajstić information content (AvgIpc) is 1.87. The quantitative estimate of drug-likeness (QED) is 0.238. The summed E-state index contributed by atoms with van der Waals surface area (Å²) >= 11 is 0. The summed E-state index contributed by atoms with van der Waals surface area (Å²) in [4.78, 5) is 20.5. The van der Waals surface area contributed by atoms with E-state index in [4.69, 9.17) is 0 Å². The zero-order valence-corrected chi connectivity index (χ0v) is 4.79. The van der Waals surface area contributed by atoms with Crippen LogP contribution in [-0.2, 0) is 14.3 Å². The van der Waals surface area contributed by atoms with Crippen LogP contribution in [0.2, 0.25) is 0 Å². The molecule has 0 aliphatic rings. The molecule has 0 atom stereocenters. The lowest BCUT2D eigenvalue weighted by molar-refractivity contribution is -0.147. The molecule has 3 heteroatoms. The van der Waals surface area contributed by atoms with E-state index in [-0.39, 0.29) is 0 Å². The van der Waals surface area contributed by atoms with Gasteiger partial charge in [0, 0.05) is 0 Å². The molecule has 0 heterocycles. The first-order valence-corrected chi connectivity index (χ1v) is 2.20. The number of ketones is 1. The van der Waals surface area contributed by atoms with Gasteiger partial charge in [-0.25, -0.2) is 4.79 Å². The second-order valence-electron chi connectivity index (χ2n) is 1.14. The van der Waals surface area contributed by atoms with Crippen molar-refractivity contribution < 1.29 is 14.3 Å². The fraction of sp³-hybridized carbons (Fsp3) is 0. The molecule has 9 heavy (non-hydrogen) atoms. The van der Waals surface area contributed by atoms with E-state index in [2.05, 4.69) is 17.9 Å². The van der Waals surface area contributed by atoms with E-state index in [1.54, 1.807) is 0 Å². The lowest BCUT2D eigenvalue weighted by Crippen LogP contribution is -2.10. The van der Waals surface area contributed by atoms with E-state index in [0.29, 0.717) is 0 Å². The van der Waals surface area contributed by atoms with Crippen LogP contribution in [0.1, 0.15) is 0 Å². The Morgan fingerprint density at radius 3 is 2.22 bits per heavy atom. The minimum Gasteiger partial charge on any atom is -0.429 e. The third-order valence-electron chi connectivity index (χ3n) is 0.577. The molecule has 0 spiro atoms. The topological polar surface area (TPSA) is 43.4 Å². The highest BCUT2D eigenvalue weighted by atomic mass is 16.5. The molecule has 0 radical (unpaired) electrons. The molecule has 0 bridgehead atoms. The molecule has 0 N–H and O–H groups in total. The van der Waals surface area contributed by atoms with Crippen LogP contribution in [0.15, 0.2) is 25.5 Å². The van der Waals surface area contributed by atoms with Gasteiger partial charge in [0.25, 0.3) is 5.78 Å². The summed E-state index contributed by atoms with van der Waals surface area (Å²) in [5.41, 5.74) is 0. The van der Waals surface area contributed by atoms with E-state index < -0.39 is 11.8 Å². The van der Waals surface area contributed by atoms with Crippen LogP contribution in [0.5, 0.6) is 0 Å². The smallest absolute Gasteiger partial charge is 0.383 e. The summed E-state index contributed by atoms with van der Waals surface area (Å²) in [6.07, 6.45) is 1.77. The predicted molar refractivity (Wildman–Crippen MR) is 31.5 cm³/mol. The summed E-state index contributed by atoms with van der Waals surface area (Å²) < 4.78 is 4.10. The van der Waals surface area contributed by atoms with Crippen LogP contribution in [0.25, 0.3) is 0 Å². The highest BCUT2D eigenvalue weighted by Crippen LogP contribution is 1.80. The fourth-order valence-electron chi connectivity index (χ4n) is 0.217. The van der Waals surface area contributed by atoms with Crippen LogP contribution in [0.4, 0.5) is 0 Å². The van der Waals surface area contributed by atoms with Crippen molar-refractivity contribution in [3.63, 3.8) is 0 Å². The predicted octanol–water partition coefficient (Wildman–Crippen LogP) is 0.428. The summed E-state index contributed by atoms with van der Waals surface area (Å²) in [5.74, 6) is -1.73. The third kappa shape index (κ3) is 2.43. The Balaban J connectivity index is 3.87. The molecule has 0 amide bonds. The highest BCUT2D eigenvalue weighted by Gasteiger charge is 2.07. The van der Waals surface area contributed by atoms with Crippen LogP contribution in [-0.4, -0.2) is 11.8 Å². The number of rotatable bonds is 3. The Morgan fingerprint density at radius 2 is 1.89 bits per heavy atom. The number of hydrogen-bond acceptors (Lipinski definition) is 3. The van der Waals surface area contributed by atoms with Gasteiger partial charge in [0.1, 0.15) is 0 Å². The van der Waals surface area contributed by atoms with Crippen LogP contribution < -0.4 is 0 Å². The van der Waals surface area contributed by atoms with Gasteiger partial charge in [-0.3, -0.25) is 4.79 Å². The zero-order chi connectivity index (χ0) is 7.28. The maximum Gasteiger partial charge on any atom is 0.383 e. The number of esters is 1. The second-order valence-corrected chi connectivity index (χ2v) is 1.14. The van der Waals surface area contributed by atoms with Gasteiger partial charge in [0.05, 0.1) is 6.26 Å². The van der Waals surface area contributed by atoms with Gasteiger partial charge in [-0.1, -0.05) is 13.2 Å². The minimum absolute atomic E-state index is 0.769. The van der Waals surface area contributed by atoms with Gasteiger partial charge in [0.15, 0.2) is 0 Å². The number of carbonyl (C=O) groups excluding carboxylic acids is 2. The highest BCUT2D eigenvalue weighted by molar-refractivity contribution is 6.38. The number of hydrogen-bond donors (Lipinski definition) is 0. The Bertz CT molecular complexity index is 158. The normalized spacial score (nSPS) is 7.56. The summed E-state index contributed by atoms with van der Waals surface area (Å²) in [7, 11) is 0. The van der Waals surface area contributed by atoms with Crippen LogP contribution >= 0.6 is 0 Å². The minimum atomic E-state index is -0.958. The molecule has 0 aliphatic heterocycles. The maximum absolute atomic E-state index is 10.3. The van der Waals surface area contributed by atoms with Gasteiger partial charge in [-0.2, -0.15) is 0 Å². The molecule has 3 nitrogen and oxygen atoms in total. The molecular formula is C6H6O3. The van der Waals surface area contributed by atoms with Gasteiger partial charge in [-0.15, -0.1) is 0 Å². The van der Waals surface area contributed by atoms with Crippen molar-refractivity contribution in [2.24, 2.45) is 0 Å². The third-order valence-corrected chi connectivity index (χ3v) is 0.577. The Morgan fingerprint density at radius 1 is 1.33 bits per heavy atom. The molecule has 0 unspecified atom stereocenters. The van der Waals surface area contributed by atoms with Crippen molar-refractivity contribution in [1.82, 2.24) is 0 Å². The molecule has 0 saturated carbocycles. The molecule has 0 aliphatic carbocycles. The summed E-state index contributed by atoms with van der Waals surface area (Å²) in [5, 5.41) is 0. The Hall–Kier alpha value is -1.38. The molecule has 0 rings (SSSR count). The lowest BCUT2D eigenvalue weighted by Gasteiger charge is -1.89. The van der Waals surface area contributed by atoms with E-state index in [1.165, 1.54) is 0 Å². The van der Waals surface area contributed by atoms with Crippen molar-refractivity contribution in [2.75, 3.05) is 0 Å². The second kappa shape index (κ2) is 3.60.